The van der Waals surface area contributed by atoms with Crippen molar-refractivity contribution >= 4 is 27.6 Å². The number of benzene rings is 2. The van der Waals surface area contributed by atoms with Gasteiger partial charge in [0.15, 0.2) is 0 Å². The number of carbonyl (C=O) groups excluding carboxylic acids is 1. The highest BCUT2D eigenvalue weighted by Crippen LogP contribution is 2.17. The van der Waals surface area contributed by atoms with Crippen molar-refractivity contribution in [3.8, 4) is 0 Å². The number of nitrogens with one attached hydrogen (secondary N) is 2. The number of carbonyl (C=O) groups is 2. The fraction of sp³-hybridized carbons (Fsp3) is 0.263. The molecule has 0 spiro atoms. The minimum Gasteiger partial charge on any atom is -0.481 e. The summed E-state index contributed by atoms with van der Waals surface area (Å²) >= 11 is 0. The Morgan fingerprint density at radius 3 is 2.15 bits per heavy atom. The van der Waals surface area contributed by atoms with Gasteiger partial charge in [0.25, 0.3) is 15.9 Å². The van der Waals surface area contributed by atoms with Gasteiger partial charge in [0.05, 0.1) is 4.90 Å². The van der Waals surface area contributed by atoms with Gasteiger partial charge in [-0.1, -0.05) is 18.2 Å². The van der Waals surface area contributed by atoms with Crippen molar-refractivity contribution in [1.82, 2.24) is 5.32 Å². The molecule has 0 unspecified atom stereocenters. The number of sulfonamides is 1. The Hall–Kier alpha value is -2.87. The summed E-state index contributed by atoms with van der Waals surface area (Å²) < 4.78 is 27.1. The summed E-state index contributed by atoms with van der Waals surface area (Å²) in [5.41, 5.74) is 0.00450. The lowest BCUT2D eigenvalue weighted by Crippen LogP contribution is -2.43. The van der Waals surface area contributed by atoms with Crippen molar-refractivity contribution < 1.29 is 23.1 Å². The molecule has 27 heavy (non-hydrogen) atoms. The monoisotopic (exact) mass is 390 g/mol. The Balaban J connectivity index is 2.04. The molecule has 0 bridgehead atoms. The first-order chi connectivity index (χ1) is 12.6. The zero-order valence-corrected chi connectivity index (χ0v) is 15.9. The van der Waals surface area contributed by atoms with Crippen LogP contribution >= 0.6 is 0 Å². The molecule has 0 radical (unpaired) electrons. The largest absolute Gasteiger partial charge is 0.481 e. The second-order valence-electron chi connectivity index (χ2n) is 6.73. The number of aliphatic carboxylic acids is 1. The Labute approximate surface area is 158 Å². The summed E-state index contributed by atoms with van der Waals surface area (Å²) in [6.45, 7) is 3.49. The van der Waals surface area contributed by atoms with Gasteiger partial charge < -0.3 is 10.4 Å². The maximum Gasteiger partial charge on any atom is 0.303 e. The van der Waals surface area contributed by atoms with Crippen molar-refractivity contribution in [1.29, 1.82) is 0 Å². The van der Waals surface area contributed by atoms with E-state index in [4.69, 9.17) is 5.11 Å². The van der Waals surface area contributed by atoms with Gasteiger partial charge in [-0.05, 0) is 56.7 Å². The second kappa shape index (κ2) is 8.22. The maximum absolute atomic E-state index is 12.3. The maximum atomic E-state index is 12.3. The molecule has 2 aromatic carbocycles. The van der Waals surface area contributed by atoms with Crippen LogP contribution in [0.1, 0.15) is 37.0 Å². The number of carboxylic acids is 1. The van der Waals surface area contributed by atoms with Crippen LogP contribution in [0, 0.1) is 0 Å². The van der Waals surface area contributed by atoms with Gasteiger partial charge in [0.1, 0.15) is 0 Å². The van der Waals surface area contributed by atoms with Crippen LogP contribution in [0.5, 0.6) is 0 Å². The number of amides is 1. The van der Waals surface area contributed by atoms with E-state index in [9.17, 15) is 18.0 Å². The molecule has 1 amide bonds. The standard InChI is InChI=1S/C19H22N2O5S/c1-19(2,13-12-17(22)23)20-18(24)14-8-10-15(11-9-14)21-27(25,26)16-6-4-3-5-7-16/h3-11,21H,12-13H2,1-2H3,(H,20,24)(H,22,23). The van der Waals surface area contributed by atoms with Crippen molar-refractivity contribution in [2.24, 2.45) is 0 Å². The van der Waals surface area contributed by atoms with E-state index in [1.54, 1.807) is 32.0 Å². The van der Waals surface area contributed by atoms with E-state index in [0.29, 0.717) is 17.7 Å². The lowest BCUT2D eigenvalue weighted by Gasteiger charge is -2.25. The number of anilines is 1. The second-order valence-corrected chi connectivity index (χ2v) is 8.41. The lowest BCUT2D eigenvalue weighted by atomic mass is 9.97. The normalized spacial score (nSPS) is 11.6. The molecule has 0 aliphatic carbocycles. The molecule has 7 nitrogen and oxygen atoms in total. The predicted molar refractivity (Wildman–Crippen MR) is 102 cm³/mol. The summed E-state index contributed by atoms with van der Waals surface area (Å²) in [7, 11) is -3.70. The highest BCUT2D eigenvalue weighted by atomic mass is 32.2. The molecule has 0 heterocycles. The van der Waals surface area contributed by atoms with Gasteiger partial charge >= 0.3 is 5.97 Å². The first kappa shape index (κ1) is 20.4. The lowest BCUT2D eigenvalue weighted by molar-refractivity contribution is -0.137. The molecule has 0 aliphatic heterocycles. The zero-order chi connectivity index (χ0) is 20.1. The fourth-order valence-corrected chi connectivity index (χ4v) is 3.44. The molecule has 0 atom stereocenters. The van der Waals surface area contributed by atoms with Gasteiger partial charge in [0, 0.05) is 23.2 Å². The van der Waals surface area contributed by atoms with Gasteiger partial charge in [-0.3, -0.25) is 14.3 Å². The molecule has 2 rings (SSSR count). The summed E-state index contributed by atoms with van der Waals surface area (Å²) in [5, 5.41) is 11.5. The first-order valence-corrected chi connectivity index (χ1v) is 9.80. The number of rotatable bonds is 8. The molecule has 0 fully saturated rings. The highest BCUT2D eigenvalue weighted by Gasteiger charge is 2.22. The topological polar surface area (TPSA) is 113 Å². The summed E-state index contributed by atoms with van der Waals surface area (Å²) in [4.78, 5) is 23.2. The van der Waals surface area contributed by atoms with Crippen molar-refractivity contribution in [2.75, 3.05) is 4.72 Å². The van der Waals surface area contributed by atoms with Crippen molar-refractivity contribution in [3.63, 3.8) is 0 Å². The van der Waals surface area contributed by atoms with Crippen LogP contribution in [0.2, 0.25) is 0 Å². The summed E-state index contributed by atoms with van der Waals surface area (Å²) in [6, 6.07) is 14.0. The van der Waals surface area contributed by atoms with E-state index in [0.717, 1.165) is 0 Å². The quantitative estimate of drug-likeness (QED) is 0.641. The van der Waals surface area contributed by atoms with E-state index >= 15 is 0 Å². The Bertz CT molecular complexity index is 907. The smallest absolute Gasteiger partial charge is 0.303 e. The predicted octanol–water partition coefficient (Wildman–Crippen LogP) is 2.86. The van der Waals surface area contributed by atoms with Crippen LogP contribution in [0.4, 0.5) is 5.69 Å². The Kier molecular flexibility index (Phi) is 6.22. The average molecular weight is 390 g/mol. The van der Waals surface area contributed by atoms with Gasteiger partial charge in [0.2, 0.25) is 0 Å². The average Bonchev–Trinajstić information content (AvgIpc) is 2.61. The third-order valence-corrected chi connectivity index (χ3v) is 5.27. The van der Waals surface area contributed by atoms with Gasteiger partial charge in [-0.2, -0.15) is 0 Å². The zero-order valence-electron chi connectivity index (χ0n) is 15.1. The number of hydrogen-bond donors (Lipinski definition) is 3. The molecule has 2 aromatic rings. The van der Waals surface area contributed by atoms with E-state index in [-0.39, 0.29) is 17.2 Å². The van der Waals surface area contributed by atoms with Crippen molar-refractivity contribution in [3.05, 3.63) is 60.2 Å². The molecule has 0 aromatic heterocycles. The minimum atomic E-state index is -3.70. The number of carboxylic acid groups (broad SMARTS) is 1. The minimum absolute atomic E-state index is 0.0481. The summed E-state index contributed by atoms with van der Waals surface area (Å²) in [5.74, 6) is -1.28. The van der Waals surface area contributed by atoms with Crippen LogP contribution in [-0.4, -0.2) is 30.9 Å². The molecule has 0 saturated heterocycles. The molecule has 0 aliphatic rings. The van der Waals surface area contributed by atoms with Gasteiger partial charge in [-0.25, -0.2) is 8.42 Å². The van der Waals surface area contributed by atoms with E-state index < -0.39 is 21.5 Å². The van der Waals surface area contributed by atoms with Crippen LogP contribution < -0.4 is 10.0 Å². The van der Waals surface area contributed by atoms with Crippen LogP contribution in [0.25, 0.3) is 0 Å². The van der Waals surface area contributed by atoms with E-state index in [1.165, 1.54) is 36.4 Å². The fourth-order valence-electron chi connectivity index (χ4n) is 2.36. The third-order valence-electron chi connectivity index (χ3n) is 3.87. The van der Waals surface area contributed by atoms with Crippen LogP contribution in [0.3, 0.4) is 0 Å². The highest BCUT2D eigenvalue weighted by molar-refractivity contribution is 7.92. The van der Waals surface area contributed by atoms with Crippen molar-refractivity contribution in [2.45, 2.75) is 37.1 Å². The molecular weight excluding hydrogens is 368 g/mol. The van der Waals surface area contributed by atoms with Crippen LogP contribution in [-0.2, 0) is 14.8 Å². The number of hydrogen-bond acceptors (Lipinski definition) is 4. The Morgan fingerprint density at radius 2 is 1.59 bits per heavy atom. The molecule has 3 N–H and O–H groups in total. The molecule has 8 heteroatoms. The molecule has 144 valence electrons. The van der Waals surface area contributed by atoms with E-state index in [2.05, 4.69) is 10.0 Å². The third kappa shape index (κ3) is 6.10. The summed E-state index contributed by atoms with van der Waals surface area (Å²) in [6.07, 6.45) is 0.247. The SMILES string of the molecule is CC(C)(CCC(=O)O)NC(=O)c1ccc(NS(=O)(=O)c2ccccc2)cc1. The van der Waals surface area contributed by atoms with Gasteiger partial charge in [-0.15, -0.1) is 0 Å². The van der Waals surface area contributed by atoms with Crippen LogP contribution in [0.15, 0.2) is 59.5 Å². The first-order valence-electron chi connectivity index (χ1n) is 8.31. The molecule has 0 saturated carbocycles. The Morgan fingerprint density at radius 1 is 1.00 bits per heavy atom. The van der Waals surface area contributed by atoms with E-state index in [1.807, 2.05) is 0 Å². The molecular formula is C19H22N2O5S.